The van der Waals surface area contributed by atoms with Gasteiger partial charge in [0, 0.05) is 0 Å². The van der Waals surface area contributed by atoms with Crippen molar-refractivity contribution in [2.24, 2.45) is 0 Å². The first-order chi connectivity index (χ1) is 7.41. The molecule has 0 aromatic rings. The molecule has 0 saturated carbocycles. The standard InChI is InChI=1S/C7H14F3NO4S2.ClH/c1-4-14-6(11)5-16(2,3)15-17(12,13)7(8,9)10;/h11H,4-5H2,1-3H3;1H. The Hall–Kier alpha value is -0.190. The predicted molar refractivity (Wildman–Crippen MR) is 67.0 cm³/mol. The quantitative estimate of drug-likeness (QED) is 0.475. The van der Waals surface area contributed by atoms with Crippen molar-refractivity contribution in [3.05, 3.63) is 0 Å². The molecule has 0 aliphatic carbocycles. The lowest BCUT2D eigenvalue weighted by molar-refractivity contribution is -0.0495. The normalized spacial score (nSPS) is 13.7. The number of ether oxygens (including phenoxy) is 1. The smallest absolute Gasteiger partial charge is 0.481 e. The van der Waals surface area contributed by atoms with Gasteiger partial charge < -0.3 is 4.74 Å². The van der Waals surface area contributed by atoms with Crippen molar-refractivity contribution >= 4 is 38.7 Å². The molecule has 1 N–H and O–H groups in total. The molecule has 0 heterocycles. The molecule has 0 aromatic heterocycles. The summed E-state index contributed by atoms with van der Waals surface area (Å²) in [6.07, 6.45) is 2.42. The Labute approximate surface area is 112 Å². The molecule has 0 amide bonds. The lowest BCUT2D eigenvalue weighted by Crippen LogP contribution is -2.28. The molecule has 0 unspecified atom stereocenters. The maximum absolute atomic E-state index is 12.1. The van der Waals surface area contributed by atoms with Gasteiger partial charge in [-0.05, 0) is 19.4 Å². The maximum Gasteiger partial charge on any atom is 0.523 e. The highest BCUT2D eigenvalue weighted by Crippen LogP contribution is 2.46. The summed E-state index contributed by atoms with van der Waals surface area (Å²) < 4.78 is 66.6. The Morgan fingerprint density at radius 1 is 1.28 bits per heavy atom. The minimum absolute atomic E-state index is 0. The third kappa shape index (κ3) is 6.66. The van der Waals surface area contributed by atoms with Crippen LogP contribution in [0.5, 0.6) is 0 Å². The van der Waals surface area contributed by atoms with Crippen molar-refractivity contribution < 1.29 is 30.0 Å². The zero-order chi connectivity index (χ0) is 13.9. The SMILES string of the molecule is CCOC(=N)CS(C)(C)OS(=O)(=O)C(F)(F)F.Cl. The Morgan fingerprint density at radius 2 is 1.72 bits per heavy atom. The van der Waals surface area contributed by atoms with E-state index in [1.165, 1.54) is 12.5 Å². The molecule has 11 heteroatoms. The molecule has 0 aromatic carbocycles. The molecule has 0 bridgehead atoms. The topological polar surface area (TPSA) is 76.5 Å². The molecule has 0 rings (SSSR count). The van der Waals surface area contributed by atoms with Gasteiger partial charge in [-0.3, -0.25) is 5.41 Å². The van der Waals surface area contributed by atoms with Gasteiger partial charge in [0.1, 0.15) is 0 Å². The molecular weight excluding hydrogens is 319 g/mol. The van der Waals surface area contributed by atoms with Crippen LogP contribution in [0.2, 0.25) is 0 Å². The molecule has 0 radical (unpaired) electrons. The van der Waals surface area contributed by atoms with Crippen molar-refractivity contribution in [3.8, 4) is 0 Å². The summed E-state index contributed by atoms with van der Waals surface area (Å²) in [6, 6.07) is 0. The monoisotopic (exact) mass is 333 g/mol. The van der Waals surface area contributed by atoms with E-state index < -0.39 is 25.9 Å². The third-order valence-electron chi connectivity index (χ3n) is 1.35. The van der Waals surface area contributed by atoms with Gasteiger partial charge in [-0.1, -0.05) is 0 Å². The van der Waals surface area contributed by atoms with Crippen LogP contribution in [0.3, 0.4) is 0 Å². The van der Waals surface area contributed by atoms with E-state index in [0.29, 0.717) is 0 Å². The van der Waals surface area contributed by atoms with Crippen LogP contribution in [0.25, 0.3) is 0 Å². The van der Waals surface area contributed by atoms with Gasteiger partial charge in [-0.25, -0.2) is 3.63 Å². The molecule has 0 fully saturated rings. The van der Waals surface area contributed by atoms with Gasteiger partial charge >= 0.3 is 15.6 Å². The molecule has 5 nitrogen and oxygen atoms in total. The summed E-state index contributed by atoms with van der Waals surface area (Å²) in [7, 11) is -8.23. The van der Waals surface area contributed by atoms with Crippen molar-refractivity contribution in [2.45, 2.75) is 12.4 Å². The number of hydrogen-bond acceptors (Lipinski definition) is 5. The van der Waals surface area contributed by atoms with Crippen molar-refractivity contribution in [3.63, 3.8) is 0 Å². The summed E-state index contributed by atoms with van der Waals surface area (Å²) in [5.41, 5.74) is -5.45. The second-order valence-electron chi connectivity index (χ2n) is 3.41. The highest BCUT2D eigenvalue weighted by molar-refractivity contribution is 8.32. The highest BCUT2D eigenvalue weighted by Gasteiger charge is 2.49. The first-order valence-corrected chi connectivity index (χ1v) is 8.30. The zero-order valence-corrected chi connectivity index (χ0v) is 12.4. The van der Waals surface area contributed by atoms with Crippen LogP contribution in [0, 0.1) is 5.41 Å². The predicted octanol–water partition coefficient (Wildman–Crippen LogP) is 2.27. The number of hydrogen-bond donors (Lipinski definition) is 1. The second-order valence-corrected chi connectivity index (χ2v) is 8.48. The number of nitrogens with one attached hydrogen (secondary N) is 1. The van der Waals surface area contributed by atoms with E-state index in [1.807, 2.05) is 0 Å². The Bertz CT molecular complexity index is 383. The molecule has 0 aliphatic heterocycles. The zero-order valence-electron chi connectivity index (χ0n) is 9.91. The average Bonchev–Trinajstić information content (AvgIpc) is 1.97. The summed E-state index contributed by atoms with van der Waals surface area (Å²) in [6.45, 7) is 1.78. The summed E-state index contributed by atoms with van der Waals surface area (Å²) in [5.74, 6) is -0.597. The van der Waals surface area contributed by atoms with Crippen LogP contribution >= 0.6 is 22.7 Å². The van der Waals surface area contributed by atoms with E-state index in [9.17, 15) is 21.6 Å². The Kier molecular flexibility index (Phi) is 7.64. The summed E-state index contributed by atoms with van der Waals surface area (Å²) in [5, 5.41) is 7.25. The van der Waals surface area contributed by atoms with Crippen molar-refractivity contribution in [2.75, 3.05) is 24.9 Å². The molecule has 18 heavy (non-hydrogen) atoms. The largest absolute Gasteiger partial charge is 0.523 e. The van der Waals surface area contributed by atoms with Crippen LogP contribution in [-0.4, -0.2) is 44.7 Å². The van der Waals surface area contributed by atoms with E-state index in [0.717, 1.165) is 0 Å². The van der Waals surface area contributed by atoms with Crippen LogP contribution in [-0.2, 0) is 18.5 Å². The first kappa shape index (κ1) is 20.1. The van der Waals surface area contributed by atoms with Crippen LogP contribution in [0.4, 0.5) is 13.2 Å². The van der Waals surface area contributed by atoms with E-state index in [4.69, 9.17) is 10.1 Å². The van der Waals surface area contributed by atoms with E-state index >= 15 is 0 Å². The first-order valence-electron chi connectivity index (χ1n) is 4.35. The van der Waals surface area contributed by atoms with Gasteiger partial charge in [0.15, 0.2) is 5.90 Å². The van der Waals surface area contributed by atoms with Crippen LogP contribution < -0.4 is 0 Å². The van der Waals surface area contributed by atoms with Crippen LogP contribution in [0.15, 0.2) is 0 Å². The molecular formula is C7H15ClF3NO4S2. The highest BCUT2D eigenvalue weighted by atomic mass is 35.5. The van der Waals surface area contributed by atoms with Crippen molar-refractivity contribution in [1.82, 2.24) is 0 Å². The van der Waals surface area contributed by atoms with E-state index in [1.54, 1.807) is 6.92 Å². The average molecular weight is 334 g/mol. The van der Waals surface area contributed by atoms with E-state index in [2.05, 4.69) is 3.63 Å². The minimum atomic E-state index is -5.63. The fourth-order valence-corrected chi connectivity index (χ4v) is 3.99. The second kappa shape index (κ2) is 6.83. The summed E-state index contributed by atoms with van der Waals surface area (Å²) in [4.78, 5) is 0. The van der Waals surface area contributed by atoms with Gasteiger partial charge in [-0.15, -0.1) is 22.7 Å². The fourth-order valence-electron chi connectivity index (χ4n) is 0.837. The number of halogens is 4. The van der Waals surface area contributed by atoms with Crippen molar-refractivity contribution in [1.29, 1.82) is 5.41 Å². The molecule has 0 aliphatic rings. The number of rotatable bonds is 5. The van der Waals surface area contributed by atoms with Gasteiger partial charge in [-0.2, -0.15) is 21.6 Å². The van der Waals surface area contributed by atoms with E-state index in [-0.39, 0.29) is 30.7 Å². The molecule has 0 atom stereocenters. The Balaban J connectivity index is 0. The molecule has 0 spiro atoms. The maximum atomic E-state index is 12.1. The van der Waals surface area contributed by atoms with Gasteiger partial charge in [0.05, 0.1) is 12.4 Å². The fraction of sp³-hybridized carbons (Fsp3) is 0.857. The number of alkyl halides is 3. The molecule has 112 valence electrons. The van der Waals surface area contributed by atoms with Gasteiger partial charge in [0.2, 0.25) is 0 Å². The summed E-state index contributed by atoms with van der Waals surface area (Å²) >= 11 is 0. The van der Waals surface area contributed by atoms with Gasteiger partial charge in [0.25, 0.3) is 0 Å². The van der Waals surface area contributed by atoms with Crippen LogP contribution in [0.1, 0.15) is 6.92 Å². The third-order valence-corrected chi connectivity index (χ3v) is 5.07. The molecule has 0 saturated heterocycles. The lowest BCUT2D eigenvalue weighted by Gasteiger charge is -2.29. The lowest BCUT2D eigenvalue weighted by atomic mass is 10.7. The Morgan fingerprint density at radius 3 is 2.06 bits per heavy atom. The minimum Gasteiger partial charge on any atom is -0.481 e.